The highest BCUT2D eigenvalue weighted by atomic mass is 35.5. The molecule has 0 N–H and O–H groups in total. The van der Waals surface area contributed by atoms with Gasteiger partial charge in [0, 0.05) is 17.2 Å². The first-order valence-corrected chi connectivity index (χ1v) is 7.20. The molecule has 96 valence electrons. The lowest BCUT2D eigenvalue weighted by atomic mass is 9.87. The lowest BCUT2D eigenvalue weighted by molar-refractivity contribution is 0.436. The molecule has 0 unspecified atom stereocenters. The summed E-state index contributed by atoms with van der Waals surface area (Å²) in [5, 5.41) is 4.98. The van der Waals surface area contributed by atoms with E-state index in [2.05, 4.69) is 12.0 Å². The fourth-order valence-corrected chi connectivity index (χ4v) is 3.08. The van der Waals surface area contributed by atoms with E-state index in [4.69, 9.17) is 16.6 Å². The van der Waals surface area contributed by atoms with Gasteiger partial charge in [0.25, 0.3) is 0 Å². The van der Waals surface area contributed by atoms with E-state index >= 15 is 0 Å². The van der Waals surface area contributed by atoms with Gasteiger partial charge in [-0.05, 0) is 25.3 Å². The molecule has 3 nitrogen and oxygen atoms in total. The van der Waals surface area contributed by atoms with E-state index in [1.165, 1.54) is 37.7 Å². The summed E-state index contributed by atoms with van der Waals surface area (Å²) in [5.41, 5.74) is 3.27. The van der Waals surface area contributed by atoms with Crippen LogP contribution in [0.4, 0.5) is 0 Å². The highest BCUT2D eigenvalue weighted by molar-refractivity contribution is 6.29. The molecule has 0 radical (unpaired) electrons. The molecule has 1 aliphatic carbocycles. The van der Waals surface area contributed by atoms with Crippen LogP contribution in [0.2, 0.25) is 5.15 Å². The van der Waals surface area contributed by atoms with Gasteiger partial charge in [-0.2, -0.15) is 5.10 Å². The van der Waals surface area contributed by atoms with E-state index in [0.29, 0.717) is 11.1 Å². The third-order valence-electron chi connectivity index (χ3n) is 3.93. The van der Waals surface area contributed by atoms with Crippen molar-refractivity contribution in [2.45, 2.75) is 51.4 Å². The normalized spacial score (nSPS) is 17.4. The van der Waals surface area contributed by atoms with Gasteiger partial charge in [0.05, 0.1) is 6.20 Å². The van der Waals surface area contributed by atoms with E-state index < -0.39 is 0 Å². The molecule has 0 atom stereocenters. The summed E-state index contributed by atoms with van der Waals surface area (Å²) in [4.78, 5) is 4.81. The van der Waals surface area contributed by atoms with Gasteiger partial charge in [-0.25, -0.2) is 9.50 Å². The maximum Gasteiger partial charge on any atom is 0.160 e. The summed E-state index contributed by atoms with van der Waals surface area (Å²) in [5.74, 6) is 0.584. The van der Waals surface area contributed by atoms with Crippen LogP contribution in [-0.2, 0) is 6.42 Å². The number of fused-ring (bicyclic) bond motifs is 1. The first-order chi connectivity index (χ1) is 8.79. The SMILES string of the molecule is CCc1cnn2c(Cl)cc(C3CCCCC3)nc12. The Labute approximate surface area is 112 Å². The van der Waals surface area contributed by atoms with Crippen LogP contribution < -0.4 is 0 Å². The molecule has 0 bridgehead atoms. The summed E-state index contributed by atoms with van der Waals surface area (Å²) in [6, 6.07) is 2.00. The molecule has 0 spiro atoms. The lowest BCUT2D eigenvalue weighted by Crippen LogP contribution is -2.08. The molecule has 0 aromatic carbocycles. The van der Waals surface area contributed by atoms with Crippen LogP contribution >= 0.6 is 11.6 Å². The van der Waals surface area contributed by atoms with Gasteiger partial charge in [0.2, 0.25) is 0 Å². The number of rotatable bonds is 2. The van der Waals surface area contributed by atoms with Gasteiger partial charge in [0.15, 0.2) is 5.65 Å². The molecule has 0 saturated heterocycles. The molecule has 18 heavy (non-hydrogen) atoms. The first kappa shape index (κ1) is 12.0. The van der Waals surface area contributed by atoms with Gasteiger partial charge in [-0.1, -0.05) is 37.8 Å². The van der Waals surface area contributed by atoms with Gasteiger partial charge in [-0.3, -0.25) is 0 Å². The Bertz CT molecular complexity index is 555. The van der Waals surface area contributed by atoms with Crippen molar-refractivity contribution in [3.8, 4) is 0 Å². The fraction of sp³-hybridized carbons (Fsp3) is 0.571. The Balaban J connectivity index is 2.06. The van der Waals surface area contributed by atoms with Gasteiger partial charge in [0.1, 0.15) is 5.15 Å². The molecule has 1 fully saturated rings. The zero-order chi connectivity index (χ0) is 12.5. The largest absolute Gasteiger partial charge is 0.233 e. The minimum Gasteiger partial charge on any atom is -0.233 e. The molecule has 3 rings (SSSR count). The van der Waals surface area contributed by atoms with E-state index in [-0.39, 0.29) is 0 Å². The molecule has 1 aliphatic rings. The number of hydrogen-bond donors (Lipinski definition) is 0. The van der Waals surface area contributed by atoms with Crippen molar-refractivity contribution in [2.24, 2.45) is 0 Å². The minimum atomic E-state index is 0.584. The highest BCUT2D eigenvalue weighted by Crippen LogP contribution is 2.33. The molecular weight excluding hydrogens is 246 g/mol. The van der Waals surface area contributed by atoms with Crippen molar-refractivity contribution in [1.29, 1.82) is 0 Å². The van der Waals surface area contributed by atoms with Crippen LogP contribution in [0.3, 0.4) is 0 Å². The Kier molecular flexibility index (Phi) is 3.25. The summed E-state index contributed by atoms with van der Waals surface area (Å²) in [6.07, 6.45) is 9.30. The number of hydrogen-bond acceptors (Lipinski definition) is 2. The van der Waals surface area contributed by atoms with Crippen LogP contribution in [0.25, 0.3) is 5.65 Å². The third kappa shape index (κ3) is 2.01. The number of aryl methyl sites for hydroxylation is 1. The van der Waals surface area contributed by atoms with Crippen LogP contribution in [0, 0.1) is 0 Å². The van der Waals surface area contributed by atoms with Crippen LogP contribution in [0.15, 0.2) is 12.3 Å². The Morgan fingerprint density at radius 3 is 2.83 bits per heavy atom. The smallest absolute Gasteiger partial charge is 0.160 e. The number of nitrogens with zero attached hydrogens (tertiary/aromatic N) is 3. The van der Waals surface area contributed by atoms with Crippen molar-refractivity contribution >= 4 is 17.2 Å². The fourth-order valence-electron chi connectivity index (χ4n) is 2.85. The first-order valence-electron chi connectivity index (χ1n) is 6.82. The third-order valence-corrected chi connectivity index (χ3v) is 4.19. The maximum absolute atomic E-state index is 6.31. The van der Waals surface area contributed by atoms with Crippen molar-refractivity contribution in [3.63, 3.8) is 0 Å². The van der Waals surface area contributed by atoms with Gasteiger partial charge < -0.3 is 0 Å². The zero-order valence-corrected chi connectivity index (χ0v) is 11.5. The summed E-state index contributed by atoms with van der Waals surface area (Å²) >= 11 is 6.31. The quantitative estimate of drug-likeness (QED) is 0.767. The summed E-state index contributed by atoms with van der Waals surface area (Å²) < 4.78 is 1.74. The molecule has 2 aromatic heterocycles. The topological polar surface area (TPSA) is 30.2 Å². The van der Waals surface area contributed by atoms with Crippen LogP contribution in [0.1, 0.15) is 56.2 Å². The van der Waals surface area contributed by atoms with Gasteiger partial charge in [-0.15, -0.1) is 0 Å². The average Bonchev–Trinajstić information content (AvgIpc) is 2.83. The number of aromatic nitrogens is 3. The number of halogens is 1. The van der Waals surface area contributed by atoms with E-state index in [1.54, 1.807) is 4.52 Å². The standard InChI is InChI=1S/C14H18ClN3/c1-2-10-9-16-18-13(15)8-12(17-14(10)18)11-6-4-3-5-7-11/h8-9,11H,2-7H2,1H3. The molecule has 4 heteroatoms. The second-order valence-corrected chi connectivity index (χ2v) is 5.48. The van der Waals surface area contributed by atoms with E-state index in [0.717, 1.165) is 17.8 Å². The molecule has 0 amide bonds. The van der Waals surface area contributed by atoms with Crippen LogP contribution in [0.5, 0.6) is 0 Å². The Hall–Kier alpha value is -1.09. The predicted octanol–water partition coefficient (Wildman–Crippen LogP) is 3.99. The molecule has 0 aliphatic heterocycles. The molecule has 1 saturated carbocycles. The zero-order valence-electron chi connectivity index (χ0n) is 10.7. The van der Waals surface area contributed by atoms with E-state index in [1.807, 2.05) is 12.3 Å². The van der Waals surface area contributed by atoms with Crippen molar-refractivity contribution in [2.75, 3.05) is 0 Å². The van der Waals surface area contributed by atoms with Crippen LogP contribution in [-0.4, -0.2) is 14.6 Å². The minimum absolute atomic E-state index is 0.584. The van der Waals surface area contributed by atoms with Crippen molar-refractivity contribution < 1.29 is 0 Å². The molecular formula is C14H18ClN3. The lowest BCUT2D eigenvalue weighted by Gasteiger charge is -2.21. The average molecular weight is 264 g/mol. The van der Waals surface area contributed by atoms with Crippen molar-refractivity contribution in [1.82, 2.24) is 14.6 Å². The highest BCUT2D eigenvalue weighted by Gasteiger charge is 2.19. The second kappa shape index (κ2) is 4.88. The molecule has 2 aromatic rings. The maximum atomic E-state index is 6.31. The summed E-state index contributed by atoms with van der Waals surface area (Å²) in [7, 11) is 0. The molecule has 2 heterocycles. The predicted molar refractivity (Wildman–Crippen MR) is 73.2 cm³/mol. The van der Waals surface area contributed by atoms with Gasteiger partial charge >= 0.3 is 0 Å². The van der Waals surface area contributed by atoms with Crippen molar-refractivity contribution in [3.05, 3.63) is 28.7 Å². The Morgan fingerprint density at radius 2 is 2.11 bits per heavy atom. The van der Waals surface area contributed by atoms with E-state index in [9.17, 15) is 0 Å². The Morgan fingerprint density at radius 1 is 1.33 bits per heavy atom. The summed E-state index contributed by atoms with van der Waals surface area (Å²) in [6.45, 7) is 2.12. The monoisotopic (exact) mass is 263 g/mol. The second-order valence-electron chi connectivity index (χ2n) is 5.10.